The predicted molar refractivity (Wildman–Crippen MR) is 69.4 cm³/mol. The van der Waals surface area contributed by atoms with Crippen LogP contribution in [0.15, 0.2) is 23.1 Å². The summed E-state index contributed by atoms with van der Waals surface area (Å²) >= 11 is 0. The first kappa shape index (κ1) is 14.7. The Bertz CT molecular complexity index is 546. The van der Waals surface area contributed by atoms with Gasteiger partial charge in [0.25, 0.3) is 0 Å². The third kappa shape index (κ3) is 2.90. The molecule has 1 N–H and O–H groups in total. The van der Waals surface area contributed by atoms with E-state index in [1.54, 1.807) is 18.2 Å². The molecular formula is C13H18O4S. The molecule has 1 aromatic rings. The molecule has 0 spiro atoms. The molecule has 1 aliphatic rings. The maximum absolute atomic E-state index is 11.5. The molecule has 0 amide bonds. The first-order valence-electron chi connectivity index (χ1n) is 5.93. The monoisotopic (exact) mass is 270 g/mol. The Labute approximate surface area is 108 Å². The summed E-state index contributed by atoms with van der Waals surface area (Å²) in [6.45, 7) is 4.00. The fourth-order valence-electron chi connectivity index (χ4n) is 2.14. The highest BCUT2D eigenvalue weighted by Gasteiger charge is 2.30. The van der Waals surface area contributed by atoms with Crippen LogP contribution in [0.4, 0.5) is 0 Å². The second-order valence-corrected chi connectivity index (χ2v) is 6.09. The SMILES string of the molecule is CC.CS(=O)(=O)c1cccc2c1CC(C(=O)O)C2. The molecule has 0 heterocycles. The Morgan fingerprint density at radius 1 is 1.28 bits per heavy atom. The lowest BCUT2D eigenvalue weighted by molar-refractivity contribution is -0.141. The van der Waals surface area contributed by atoms with Crippen molar-refractivity contribution < 1.29 is 18.3 Å². The molecule has 18 heavy (non-hydrogen) atoms. The van der Waals surface area contributed by atoms with Gasteiger partial charge in [0.05, 0.1) is 10.8 Å². The Kier molecular flexibility index (Phi) is 4.51. The van der Waals surface area contributed by atoms with E-state index in [2.05, 4.69) is 0 Å². The average molecular weight is 270 g/mol. The number of carboxylic acids is 1. The smallest absolute Gasteiger partial charge is 0.307 e. The Hall–Kier alpha value is -1.36. The topological polar surface area (TPSA) is 71.4 Å². The highest BCUT2D eigenvalue weighted by molar-refractivity contribution is 7.90. The molecule has 1 aliphatic carbocycles. The minimum atomic E-state index is -3.27. The quantitative estimate of drug-likeness (QED) is 0.891. The summed E-state index contributed by atoms with van der Waals surface area (Å²) in [5, 5.41) is 8.93. The van der Waals surface area contributed by atoms with Crippen molar-refractivity contribution in [1.82, 2.24) is 0 Å². The lowest BCUT2D eigenvalue weighted by atomic mass is 10.1. The van der Waals surface area contributed by atoms with Crippen LogP contribution in [-0.4, -0.2) is 25.7 Å². The maximum Gasteiger partial charge on any atom is 0.307 e. The van der Waals surface area contributed by atoms with Crippen LogP contribution in [0.1, 0.15) is 25.0 Å². The summed E-state index contributed by atoms with van der Waals surface area (Å²) < 4.78 is 23.0. The van der Waals surface area contributed by atoms with Crippen molar-refractivity contribution in [2.45, 2.75) is 31.6 Å². The second kappa shape index (κ2) is 5.52. The average Bonchev–Trinajstić information content (AvgIpc) is 2.73. The maximum atomic E-state index is 11.5. The molecule has 0 bridgehead atoms. The van der Waals surface area contributed by atoms with Crippen LogP contribution in [0.2, 0.25) is 0 Å². The van der Waals surface area contributed by atoms with E-state index in [0.29, 0.717) is 18.4 Å². The van der Waals surface area contributed by atoms with Gasteiger partial charge < -0.3 is 5.11 Å². The largest absolute Gasteiger partial charge is 0.481 e. The molecule has 2 rings (SSSR count). The minimum Gasteiger partial charge on any atom is -0.481 e. The van der Waals surface area contributed by atoms with E-state index in [4.69, 9.17) is 5.11 Å². The molecule has 1 unspecified atom stereocenters. The van der Waals surface area contributed by atoms with Crippen LogP contribution >= 0.6 is 0 Å². The highest BCUT2D eigenvalue weighted by Crippen LogP contribution is 2.31. The first-order valence-corrected chi connectivity index (χ1v) is 7.82. The summed E-state index contributed by atoms with van der Waals surface area (Å²) in [4.78, 5) is 11.2. The molecule has 100 valence electrons. The Morgan fingerprint density at radius 2 is 1.89 bits per heavy atom. The molecule has 0 radical (unpaired) electrons. The fourth-order valence-corrected chi connectivity index (χ4v) is 3.13. The van der Waals surface area contributed by atoms with Crippen molar-refractivity contribution in [2.24, 2.45) is 5.92 Å². The predicted octanol–water partition coefficient (Wildman–Crippen LogP) is 1.92. The van der Waals surface area contributed by atoms with Crippen LogP contribution < -0.4 is 0 Å². The number of fused-ring (bicyclic) bond motifs is 1. The molecule has 0 fully saturated rings. The Balaban J connectivity index is 0.000000771. The lowest BCUT2D eigenvalue weighted by Crippen LogP contribution is -2.13. The minimum absolute atomic E-state index is 0.272. The van der Waals surface area contributed by atoms with Gasteiger partial charge in [-0.1, -0.05) is 26.0 Å². The summed E-state index contributed by atoms with van der Waals surface area (Å²) in [5.41, 5.74) is 1.52. The molecule has 1 aromatic carbocycles. The first-order chi connectivity index (χ1) is 8.39. The van der Waals surface area contributed by atoms with Crippen molar-refractivity contribution in [1.29, 1.82) is 0 Å². The standard InChI is InChI=1S/C11H12O4S.C2H6/c1-16(14,15)10-4-2-3-7-5-8(11(12)13)6-9(7)10;1-2/h2-4,8H,5-6H2,1H3,(H,12,13);1-2H3. The number of sulfone groups is 1. The van der Waals surface area contributed by atoms with Crippen molar-refractivity contribution >= 4 is 15.8 Å². The zero-order valence-corrected chi connectivity index (χ0v) is 11.6. The van der Waals surface area contributed by atoms with Crippen molar-refractivity contribution in [2.75, 3.05) is 6.26 Å². The van der Waals surface area contributed by atoms with Gasteiger partial charge in [-0.2, -0.15) is 0 Å². The molecule has 0 aromatic heterocycles. The van der Waals surface area contributed by atoms with Gasteiger partial charge in [-0.25, -0.2) is 8.42 Å². The summed E-state index contributed by atoms with van der Waals surface area (Å²) in [6, 6.07) is 5.00. The van der Waals surface area contributed by atoms with Crippen molar-refractivity contribution in [3.05, 3.63) is 29.3 Å². The summed E-state index contributed by atoms with van der Waals surface area (Å²) in [5.74, 6) is -1.35. The lowest BCUT2D eigenvalue weighted by Gasteiger charge is -2.05. The Morgan fingerprint density at radius 3 is 2.39 bits per heavy atom. The van der Waals surface area contributed by atoms with Crippen LogP contribution in [0.25, 0.3) is 0 Å². The van der Waals surface area contributed by atoms with E-state index >= 15 is 0 Å². The van der Waals surface area contributed by atoms with Gasteiger partial charge in [0, 0.05) is 6.26 Å². The molecule has 1 atom stereocenters. The summed E-state index contributed by atoms with van der Waals surface area (Å²) in [7, 11) is -3.27. The van der Waals surface area contributed by atoms with Crippen LogP contribution in [0.3, 0.4) is 0 Å². The second-order valence-electron chi connectivity index (χ2n) is 4.11. The molecule has 0 saturated carbocycles. The van der Waals surface area contributed by atoms with Crippen LogP contribution in [-0.2, 0) is 27.5 Å². The number of aliphatic carboxylic acids is 1. The number of hydrogen-bond donors (Lipinski definition) is 1. The number of carboxylic acid groups (broad SMARTS) is 1. The van der Waals surface area contributed by atoms with Gasteiger partial charge in [0.1, 0.15) is 0 Å². The molecule has 5 heteroatoms. The van der Waals surface area contributed by atoms with E-state index in [1.165, 1.54) is 0 Å². The number of rotatable bonds is 2. The molecule has 4 nitrogen and oxygen atoms in total. The number of hydrogen-bond acceptors (Lipinski definition) is 3. The van der Waals surface area contributed by atoms with Gasteiger partial charge in [0.15, 0.2) is 9.84 Å². The van der Waals surface area contributed by atoms with Gasteiger partial charge >= 0.3 is 5.97 Å². The van der Waals surface area contributed by atoms with Gasteiger partial charge in [0.2, 0.25) is 0 Å². The normalized spacial score (nSPS) is 17.6. The zero-order valence-electron chi connectivity index (χ0n) is 10.8. The number of carbonyl (C=O) groups is 1. The summed E-state index contributed by atoms with van der Waals surface area (Å²) in [6.07, 6.45) is 1.89. The molecular weight excluding hydrogens is 252 g/mol. The van der Waals surface area contributed by atoms with E-state index in [9.17, 15) is 13.2 Å². The molecule has 0 aliphatic heterocycles. The molecule has 0 saturated heterocycles. The van der Waals surface area contributed by atoms with Crippen LogP contribution in [0, 0.1) is 5.92 Å². The van der Waals surface area contributed by atoms with E-state index in [1.807, 2.05) is 13.8 Å². The third-order valence-corrected chi connectivity index (χ3v) is 4.08. The van der Waals surface area contributed by atoms with Gasteiger partial charge in [-0.15, -0.1) is 0 Å². The van der Waals surface area contributed by atoms with Gasteiger partial charge in [-0.05, 0) is 30.0 Å². The van der Waals surface area contributed by atoms with E-state index in [0.717, 1.165) is 11.8 Å². The van der Waals surface area contributed by atoms with Crippen LogP contribution in [0.5, 0.6) is 0 Å². The van der Waals surface area contributed by atoms with Gasteiger partial charge in [-0.3, -0.25) is 4.79 Å². The third-order valence-electron chi connectivity index (χ3n) is 2.90. The highest BCUT2D eigenvalue weighted by atomic mass is 32.2. The van der Waals surface area contributed by atoms with E-state index < -0.39 is 21.7 Å². The van der Waals surface area contributed by atoms with E-state index in [-0.39, 0.29) is 4.90 Å². The zero-order chi connectivity index (χ0) is 13.9. The van der Waals surface area contributed by atoms with Crippen molar-refractivity contribution in [3.8, 4) is 0 Å². The number of benzene rings is 1. The van der Waals surface area contributed by atoms with Crippen molar-refractivity contribution in [3.63, 3.8) is 0 Å². The fraction of sp³-hybridized carbons (Fsp3) is 0.462.